The third-order valence-electron chi connectivity index (χ3n) is 5.02. The van der Waals surface area contributed by atoms with Crippen molar-refractivity contribution in [2.24, 2.45) is 11.8 Å². The molecular weight excluding hydrogens is 324 g/mol. The zero-order chi connectivity index (χ0) is 17.1. The van der Waals surface area contributed by atoms with Gasteiger partial charge < -0.3 is 10.2 Å². The van der Waals surface area contributed by atoms with Gasteiger partial charge in [-0.15, -0.1) is 11.3 Å². The molecule has 6 nitrogen and oxygen atoms in total. The van der Waals surface area contributed by atoms with E-state index in [4.69, 9.17) is 0 Å². The molecule has 2 fully saturated rings. The zero-order valence-corrected chi connectivity index (χ0v) is 15.2. The Morgan fingerprint density at radius 3 is 2.92 bits per heavy atom. The maximum atomic E-state index is 12.4. The standard InChI is InChI=1S/C17H26N4O2S/c1-12(2)14-7-20(6-13-10-24-11-18-13)8-15(14)19-16(22)9-21-5-3-4-17(21)23/h10-12,14-15H,3-9H2,1-2H3,(H,19,22). The fraction of sp³-hybridized carbons (Fsp3) is 0.706. The van der Waals surface area contributed by atoms with Crippen molar-refractivity contribution >= 4 is 23.2 Å². The number of hydrogen-bond donors (Lipinski definition) is 1. The molecule has 1 N–H and O–H groups in total. The number of carbonyl (C=O) groups is 2. The first-order chi connectivity index (χ1) is 11.5. The first kappa shape index (κ1) is 17.4. The van der Waals surface area contributed by atoms with Crippen LogP contribution in [0.5, 0.6) is 0 Å². The fourth-order valence-corrected chi connectivity index (χ4v) is 4.26. The molecule has 2 amide bonds. The second kappa shape index (κ2) is 7.61. The number of amides is 2. The highest BCUT2D eigenvalue weighted by molar-refractivity contribution is 7.07. The molecule has 1 aromatic rings. The molecule has 24 heavy (non-hydrogen) atoms. The molecule has 1 aromatic heterocycles. The van der Waals surface area contributed by atoms with Gasteiger partial charge in [-0.1, -0.05) is 13.8 Å². The molecule has 3 rings (SSSR count). The Morgan fingerprint density at radius 2 is 2.29 bits per heavy atom. The number of likely N-dealkylation sites (tertiary alicyclic amines) is 2. The summed E-state index contributed by atoms with van der Waals surface area (Å²) in [5.74, 6) is 1.00. The van der Waals surface area contributed by atoms with Gasteiger partial charge >= 0.3 is 0 Å². The van der Waals surface area contributed by atoms with Crippen molar-refractivity contribution in [3.8, 4) is 0 Å². The van der Waals surface area contributed by atoms with Crippen molar-refractivity contribution in [1.29, 1.82) is 0 Å². The van der Waals surface area contributed by atoms with Crippen molar-refractivity contribution in [2.45, 2.75) is 39.3 Å². The smallest absolute Gasteiger partial charge is 0.239 e. The molecule has 0 aromatic carbocycles. The minimum Gasteiger partial charge on any atom is -0.350 e. The predicted molar refractivity (Wildman–Crippen MR) is 93.5 cm³/mol. The number of carbonyl (C=O) groups excluding carboxylic acids is 2. The number of rotatable bonds is 6. The lowest BCUT2D eigenvalue weighted by atomic mass is 9.91. The lowest BCUT2D eigenvalue weighted by Gasteiger charge is -2.24. The maximum absolute atomic E-state index is 12.4. The molecule has 2 aliphatic heterocycles. The van der Waals surface area contributed by atoms with Crippen LogP contribution in [0.2, 0.25) is 0 Å². The summed E-state index contributed by atoms with van der Waals surface area (Å²) < 4.78 is 0. The average molecular weight is 350 g/mol. The zero-order valence-electron chi connectivity index (χ0n) is 14.4. The first-order valence-electron chi connectivity index (χ1n) is 8.69. The van der Waals surface area contributed by atoms with Crippen LogP contribution >= 0.6 is 11.3 Å². The third-order valence-corrected chi connectivity index (χ3v) is 5.65. The van der Waals surface area contributed by atoms with Crippen LogP contribution in [-0.4, -0.2) is 58.8 Å². The Labute approximate surface area is 147 Å². The molecule has 7 heteroatoms. The quantitative estimate of drug-likeness (QED) is 0.841. The monoisotopic (exact) mass is 350 g/mol. The fourth-order valence-electron chi connectivity index (χ4n) is 3.71. The van der Waals surface area contributed by atoms with E-state index >= 15 is 0 Å². The largest absolute Gasteiger partial charge is 0.350 e. The van der Waals surface area contributed by atoms with Crippen molar-refractivity contribution in [3.05, 3.63) is 16.6 Å². The molecule has 132 valence electrons. The van der Waals surface area contributed by atoms with E-state index < -0.39 is 0 Å². The number of thiazole rings is 1. The summed E-state index contributed by atoms with van der Waals surface area (Å²) in [7, 11) is 0. The van der Waals surface area contributed by atoms with Crippen molar-refractivity contribution in [3.63, 3.8) is 0 Å². The van der Waals surface area contributed by atoms with Crippen LogP contribution in [-0.2, 0) is 16.1 Å². The summed E-state index contributed by atoms with van der Waals surface area (Å²) in [6, 6.07) is 0.147. The Morgan fingerprint density at radius 1 is 1.46 bits per heavy atom. The topological polar surface area (TPSA) is 65.5 Å². The highest BCUT2D eigenvalue weighted by Crippen LogP contribution is 2.26. The second-order valence-electron chi connectivity index (χ2n) is 7.17. The SMILES string of the molecule is CC(C)C1CN(Cc2cscn2)CC1NC(=O)CN1CCCC1=O. The lowest BCUT2D eigenvalue weighted by Crippen LogP contribution is -2.46. The molecule has 0 spiro atoms. The summed E-state index contributed by atoms with van der Waals surface area (Å²) in [6.07, 6.45) is 1.44. The van der Waals surface area contributed by atoms with Crippen LogP contribution < -0.4 is 5.32 Å². The van der Waals surface area contributed by atoms with E-state index in [9.17, 15) is 9.59 Å². The van der Waals surface area contributed by atoms with E-state index in [1.165, 1.54) is 0 Å². The minimum absolute atomic E-state index is 0.0311. The molecule has 2 atom stereocenters. The summed E-state index contributed by atoms with van der Waals surface area (Å²) in [6.45, 7) is 7.99. The van der Waals surface area contributed by atoms with Crippen molar-refractivity contribution < 1.29 is 9.59 Å². The first-order valence-corrected chi connectivity index (χ1v) is 9.63. The average Bonchev–Trinajstić information content (AvgIpc) is 3.23. The highest BCUT2D eigenvalue weighted by Gasteiger charge is 2.36. The predicted octanol–water partition coefficient (Wildman–Crippen LogP) is 1.34. The molecule has 2 saturated heterocycles. The van der Waals surface area contributed by atoms with E-state index in [1.807, 2.05) is 5.51 Å². The molecular formula is C17H26N4O2S. The molecule has 0 bridgehead atoms. The molecule has 2 unspecified atom stereocenters. The Hall–Kier alpha value is -1.47. The number of nitrogens with zero attached hydrogens (tertiary/aromatic N) is 3. The normalized spacial score (nSPS) is 25.0. The van der Waals surface area contributed by atoms with Crippen LogP contribution in [0.25, 0.3) is 0 Å². The summed E-state index contributed by atoms with van der Waals surface area (Å²) >= 11 is 1.61. The highest BCUT2D eigenvalue weighted by atomic mass is 32.1. The molecule has 2 aliphatic rings. The second-order valence-corrected chi connectivity index (χ2v) is 7.89. The van der Waals surface area contributed by atoms with Crippen molar-refractivity contribution in [1.82, 2.24) is 20.1 Å². The number of nitrogens with one attached hydrogen (secondary N) is 1. The summed E-state index contributed by atoms with van der Waals surface area (Å²) in [5.41, 5.74) is 2.95. The van der Waals surface area contributed by atoms with Gasteiger partial charge in [-0.25, -0.2) is 4.98 Å². The van der Waals surface area contributed by atoms with Crippen molar-refractivity contribution in [2.75, 3.05) is 26.2 Å². The van der Waals surface area contributed by atoms with Gasteiger partial charge in [-0.3, -0.25) is 14.5 Å². The van der Waals surface area contributed by atoms with Gasteiger partial charge in [0.2, 0.25) is 11.8 Å². The van der Waals surface area contributed by atoms with Crippen LogP contribution in [0.3, 0.4) is 0 Å². The van der Waals surface area contributed by atoms with Gasteiger partial charge in [0.1, 0.15) is 0 Å². The van der Waals surface area contributed by atoms with Gasteiger partial charge in [-0.05, 0) is 18.3 Å². The van der Waals surface area contributed by atoms with Gasteiger partial charge in [0.05, 0.1) is 17.7 Å². The summed E-state index contributed by atoms with van der Waals surface area (Å²) in [5, 5.41) is 5.25. The van der Waals surface area contributed by atoms with Gasteiger partial charge in [0.25, 0.3) is 0 Å². The molecule has 0 saturated carbocycles. The summed E-state index contributed by atoms with van der Waals surface area (Å²) in [4.78, 5) is 32.4. The molecule has 0 aliphatic carbocycles. The minimum atomic E-state index is -0.0311. The van der Waals surface area contributed by atoms with Gasteiger partial charge in [-0.2, -0.15) is 0 Å². The van der Waals surface area contributed by atoms with E-state index in [-0.39, 0.29) is 24.4 Å². The number of aromatic nitrogens is 1. The van der Waals surface area contributed by atoms with Crippen LogP contribution in [0.15, 0.2) is 10.9 Å². The van der Waals surface area contributed by atoms with E-state index in [0.29, 0.717) is 24.8 Å². The van der Waals surface area contributed by atoms with Crippen LogP contribution in [0.4, 0.5) is 0 Å². The molecule has 3 heterocycles. The maximum Gasteiger partial charge on any atom is 0.239 e. The van der Waals surface area contributed by atoms with Crippen LogP contribution in [0, 0.1) is 11.8 Å². The Bertz CT molecular complexity index is 575. The third kappa shape index (κ3) is 4.13. The van der Waals surface area contributed by atoms with E-state index in [1.54, 1.807) is 16.2 Å². The van der Waals surface area contributed by atoms with Crippen LogP contribution in [0.1, 0.15) is 32.4 Å². The Balaban J connectivity index is 1.56. The van der Waals surface area contributed by atoms with Gasteiger partial charge in [0, 0.05) is 44.0 Å². The van der Waals surface area contributed by atoms with Gasteiger partial charge in [0.15, 0.2) is 0 Å². The number of hydrogen-bond acceptors (Lipinski definition) is 5. The van der Waals surface area contributed by atoms with E-state index in [0.717, 1.165) is 31.7 Å². The lowest BCUT2D eigenvalue weighted by molar-refractivity contribution is -0.133. The molecule has 0 radical (unpaired) electrons. The Kier molecular flexibility index (Phi) is 5.50. The van der Waals surface area contributed by atoms with E-state index in [2.05, 4.69) is 34.4 Å².